The molecule has 30 heavy (non-hydrogen) atoms. The Bertz CT molecular complexity index is 1040. The standard InChI is InChI=1S/C22H25ClN6O/c23-18-6-3-7-19(15-18)26-11-13-27(14-12-26)21(30)17-5-4-9-28(16-17)22-25-24-20-8-1-2-10-29(20)22/h1-3,6-8,10,15,17H,4-5,9,11-14,16H2/t17-/m1/s1. The van der Waals surface area contributed by atoms with Crippen molar-refractivity contribution in [3.8, 4) is 0 Å². The normalized spacial score (nSPS) is 20.0. The number of benzene rings is 1. The molecule has 5 rings (SSSR count). The number of fused-ring (bicyclic) bond motifs is 1. The van der Waals surface area contributed by atoms with Crippen molar-refractivity contribution in [1.82, 2.24) is 19.5 Å². The van der Waals surface area contributed by atoms with Gasteiger partial charge in [0.2, 0.25) is 11.9 Å². The molecule has 2 aliphatic heterocycles. The average Bonchev–Trinajstić information content (AvgIpc) is 3.23. The largest absolute Gasteiger partial charge is 0.368 e. The summed E-state index contributed by atoms with van der Waals surface area (Å²) >= 11 is 6.13. The van der Waals surface area contributed by atoms with E-state index in [4.69, 9.17) is 11.6 Å². The van der Waals surface area contributed by atoms with Crippen LogP contribution in [0.3, 0.4) is 0 Å². The van der Waals surface area contributed by atoms with Gasteiger partial charge >= 0.3 is 0 Å². The van der Waals surface area contributed by atoms with E-state index in [0.29, 0.717) is 6.54 Å². The van der Waals surface area contributed by atoms with Gasteiger partial charge < -0.3 is 14.7 Å². The molecule has 2 aliphatic rings. The van der Waals surface area contributed by atoms with Crippen LogP contribution in [0.25, 0.3) is 5.65 Å². The highest BCUT2D eigenvalue weighted by molar-refractivity contribution is 6.30. The summed E-state index contributed by atoms with van der Waals surface area (Å²) in [4.78, 5) is 19.8. The van der Waals surface area contributed by atoms with E-state index in [1.807, 2.05) is 51.9 Å². The molecule has 3 aromatic rings. The number of amides is 1. The summed E-state index contributed by atoms with van der Waals surface area (Å²) in [5, 5.41) is 9.38. The summed E-state index contributed by atoms with van der Waals surface area (Å²) in [5.41, 5.74) is 1.95. The summed E-state index contributed by atoms with van der Waals surface area (Å²) in [6.45, 7) is 4.76. The maximum Gasteiger partial charge on any atom is 0.231 e. The van der Waals surface area contributed by atoms with Gasteiger partial charge in [0.15, 0.2) is 5.65 Å². The predicted molar refractivity (Wildman–Crippen MR) is 118 cm³/mol. The SMILES string of the molecule is O=C([C@@H]1CCCN(c2nnc3ccccn23)C1)N1CCN(c2cccc(Cl)c2)CC1. The summed E-state index contributed by atoms with van der Waals surface area (Å²) in [6.07, 6.45) is 3.90. The van der Waals surface area contributed by atoms with E-state index in [2.05, 4.69) is 26.1 Å². The third-order valence-corrected chi connectivity index (χ3v) is 6.35. The molecular formula is C22H25ClN6O. The number of carbonyl (C=O) groups excluding carboxylic acids is 1. The molecule has 2 fully saturated rings. The van der Waals surface area contributed by atoms with Crippen molar-refractivity contribution in [2.75, 3.05) is 49.1 Å². The fraction of sp³-hybridized carbons (Fsp3) is 0.409. The van der Waals surface area contributed by atoms with Gasteiger partial charge in [-0.15, -0.1) is 10.2 Å². The molecule has 0 spiro atoms. The van der Waals surface area contributed by atoms with Crippen molar-refractivity contribution in [1.29, 1.82) is 0 Å². The lowest BCUT2D eigenvalue weighted by Crippen LogP contribution is -2.52. The Kier molecular flexibility index (Phi) is 5.21. The van der Waals surface area contributed by atoms with E-state index in [9.17, 15) is 4.79 Å². The lowest BCUT2D eigenvalue weighted by Gasteiger charge is -2.39. The molecule has 7 nitrogen and oxygen atoms in total. The van der Waals surface area contributed by atoms with Crippen LogP contribution in [-0.4, -0.2) is 64.7 Å². The highest BCUT2D eigenvalue weighted by Crippen LogP contribution is 2.25. The molecule has 0 unspecified atom stereocenters. The van der Waals surface area contributed by atoms with Gasteiger partial charge in [0.05, 0.1) is 5.92 Å². The van der Waals surface area contributed by atoms with Crippen LogP contribution < -0.4 is 9.80 Å². The van der Waals surface area contributed by atoms with Crippen molar-refractivity contribution in [3.63, 3.8) is 0 Å². The molecule has 0 aliphatic carbocycles. The van der Waals surface area contributed by atoms with Crippen molar-refractivity contribution in [2.45, 2.75) is 12.8 Å². The molecule has 1 aromatic carbocycles. The number of piperidine rings is 1. The first-order valence-electron chi connectivity index (χ1n) is 10.5. The van der Waals surface area contributed by atoms with Crippen LogP contribution in [0.2, 0.25) is 5.02 Å². The molecule has 2 saturated heterocycles. The van der Waals surface area contributed by atoms with Crippen LogP contribution >= 0.6 is 11.6 Å². The lowest BCUT2D eigenvalue weighted by molar-refractivity contribution is -0.136. The molecule has 0 bridgehead atoms. The Morgan fingerprint density at radius 2 is 1.83 bits per heavy atom. The van der Waals surface area contributed by atoms with E-state index < -0.39 is 0 Å². The second-order valence-corrected chi connectivity index (χ2v) is 8.44. The number of rotatable bonds is 3. The number of halogens is 1. The molecule has 0 N–H and O–H groups in total. The van der Waals surface area contributed by atoms with Crippen LogP contribution in [-0.2, 0) is 4.79 Å². The van der Waals surface area contributed by atoms with Gasteiger partial charge in [-0.05, 0) is 43.2 Å². The number of carbonyl (C=O) groups is 1. The van der Waals surface area contributed by atoms with Crippen LogP contribution in [0, 0.1) is 5.92 Å². The Balaban J connectivity index is 1.23. The van der Waals surface area contributed by atoms with Gasteiger partial charge in [-0.2, -0.15) is 0 Å². The predicted octanol–water partition coefficient (Wildman–Crippen LogP) is 2.95. The number of hydrogen-bond acceptors (Lipinski definition) is 5. The fourth-order valence-corrected chi connectivity index (χ4v) is 4.71. The summed E-state index contributed by atoms with van der Waals surface area (Å²) in [6, 6.07) is 13.8. The van der Waals surface area contributed by atoms with Gasteiger partial charge in [-0.25, -0.2) is 0 Å². The highest BCUT2D eigenvalue weighted by Gasteiger charge is 2.32. The van der Waals surface area contributed by atoms with Gasteiger partial charge in [-0.3, -0.25) is 9.20 Å². The van der Waals surface area contributed by atoms with E-state index in [-0.39, 0.29) is 11.8 Å². The minimum absolute atomic E-state index is 0.00697. The topological polar surface area (TPSA) is 57.0 Å². The second-order valence-electron chi connectivity index (χ2n) is 8.01. The van der Waals surface area contributed by atoms with Crippen molar-refractivity contribution >= 4 is 34.8 Å². The van der Waals surface area contributed by atoms with Crippen LogP contribution in [0.5, 0.6) is 0 Å². The fourth-order valence-electron chi connectivity index (χ4n) is 4.52. The highest BCUT2D eigenvalue weighted by atomic mass is 35.5. The second kappa shape index (κ2) is 8.14. The number of aromatic nitrogens is 3. The third-order valence-electron chi connectivity index (χ3n) is 6.11. The molecule has 1 amide bonds. The number of anilines is 2. The molecule has 0 saturated carbocycles. The number of nitrogens with zero attached hydrogens (tertiary/aromatic N) is 6. The third kappa shape index (κ3) is 3.69. The zero-order chi connectivity index (χ0) is 20.5. The molecular weight excluding hydrogens is 400 g/mol. The summed E-state index contributed by atoms with van der Waals surface area (Å²) in [5.74, 6) is 1.10. The minimum Gasteiger partial charge on any atom is -0.368 e. The quantitative estimate of drug-likeness (QED) is 0.647. The van der Waals surface area contributed by atoms with Crippen LogP contribution in [0.1, 0.15) is 12.8 Å². The molecule has 4 heterocycles. The van der Waals surface area contributed by atoms with Gasteiger partial charge in [-0.1, -0.05) is 23.7 Å². The molecule has 1 atom stereocenters. The molecule has 0 radical (unpaired) electrons. The van der Waals surface area contributed by atoms with Crippen molar-refractivity contribution < 1.29 is 4.79 Å². The number of piperazine rings is 1. The van der Waals surface area contributed by atoms with Crippen LogP contribution in [0.15, 0.2) is 48.7 Å². The van der Waals surface area contributed by atoms with E-state index >= 15 is 0 Å². The van der Waals surface area contributed by atoms with Gasteiger partial charge in [0.1, 0.15) is 0 Å². The zero-order valence-corrected chi connectivity index (χ0v) is 17.6. The Morgan fingerprint density at radius 3 is 2.67 bits per heavy atom. The monoisotopic (exact) mass is 424 g/mol. The zero-order valence-electron chi connectivity index (χ0n) is 16.8. The maximum atomic E-state index is 13.2. The Hall–Kier alpha value is -2.80. The first-order valence-corrected chi connectivity index (χ1v) is 10.9. The lowest BCUT2D eigenvalue weighted by atomic mass is 9.96. The van der Waals surface area contributed by atoms with E-state index in [1.165, 1.54) is 0 Å². The Labute approximate surface area is 180 Å². The van der Waals surface area contributed by atoms with Crippen molar-refractivity contribution in [3.05, 3.63) is 53.7 Å². The smallest absolute Gasteiger partial charge is 0.231 e. The Morgan fingerprint density at radius 1 is 0.967 bits per heavy atom. The summed E-state index contributed by atoms with van der Waals surface area (Å²) < 4.78 is 2.00. The maximum absolute atomic E-state index is 13.2. The molecule has 156 valence electrons. The molecule has 8 heteroatoms. The van der Waals surface area contributed by atoms with E-state index in [1.54, 1.807) is 0 Å². The van der Waals surface area contributed by atoms with Gasteiger partial charge in [0.25, 0.3) is 0 Å². The number of hydrogen-bond donors (Lipinski definition) is 0. The first-order chi connectivity index (χ1) is 14.7. The summed E-state index contributed by atoms with van der Waals surface area (Å²) in [7, 11) is 0. The van der Waals surface area contributed by atoms with Gasteiger partial charge in [0, 0.05) is 56.2 Å². The first kappa shape index (κ1) is 19.2. The molecule has 2 aromatic heterocycles. The van der Waals surface area contributed by atoms with E-state index in [0.717, 1.165) is 67.9 Å². The van der Waals surface area contributed by atoms with Crippen LogP contribution in [0.4, 0.5) is 11.6 Å². The number of pyridine rings is 1. The van der Waals surface area contributed by atoms with Crippen molar-refractivity contribution in [2.24, 2.45) is 5.92 Å². The minimum atomic E-state index is 0.00697. The average molecular weight is 425 g/mol.